The number of benzene rings is 3. The quantitative estimate of drug-likeness (QED) is 0.468. The van der Waals surface area contributed by atoms with Gasteiger partial charge in [-0.3, -0.25) is 4.79 Å². The number of phenolic OH excluding ortho intramolecular Hbond substituents is 1. The van der Waals surface area contributed by atoms with Crippen LogP contribution in [-0.4, -0.2) is 26.1 Å². The second-order valence-electron chi connectivity index (χ2n) is 6.67. The molecule has 0 unspecified atom stereocenters. The Hall–Kier alpha value is -4.03. The lowest BCUT2D eigenvalue weighted by Gasteiger charge is -2.12. The van der Waals surface area contributed by atoms with E-state index in [0.717, 1.165) is 11.1 Å². The van der Waals surface area contributed by atoms with E-state index in [9.17, 15) is 15.0 Å². The van der Waals surface area contributed by atoms with Gasteiger partial charge >= 0.3 is 0 Å². The topological polar surface area (TPSA) is 95.3 Å². The molecule has 4 rings (SSSR count). The number of nitrogens with one attached hydrogen (secondary N) is 1. The number of aliphatic hydroxyl groups is 1. The molecule has 30 heavy (non-hydrogen) atoms. The summed E-state index contributed by atoms with van der Waals surface area (Å²) in [5.74, 6) is 0.174. The predicted molar refractivity (Wildman–Crippen MR) is 115 cm³/mol. The van der Waals surface area contributed by atoms with Crippen LogP contribution in [-0.2, 0) is 6.61 Å². The standard InChI is InChI=1S/C24H19N3O3/c28-15-16-6-8-17(9-7-16)21-14-25-23(27-24(30)19-4-2-1-3-5-19)22(26-21)18-10-12-20(29)13-11-18/h1-14,28-29H,15H2,(H,25,27,30). The molecule has 0 saturated heterocycles. The number of rotatable bonds is 5. The molecule has 1 heterocycles. The molecule has 6 heteroatoms. The third kappa shape index (κ3) is 4.19. The molecule has 3 N–H and O–H groups in total. The molecular weight excluding hydrogens is 378 g/mol. The number of aromatic hydroxyl groups is 1. The van der Waals surface area contributed by atoms with Gasteiger partial charge in [-0.15, -0.1) is 0 Å². The number of hydrogen-bond donors (Lipinski definition) is 3. The van der Waals surface area contributed by atoms with Crippen molar-refractivity contribution in [1.82, 2.24) is 9.97 Å². The van der Waals surface area contributed by atoms with Crippen molar-refractivity contribution in [3.8, 4) is 28.3 Å². The molecule has 0 saturated carbocycles. The Morgan fingerprint density at radius 1 is 0.867 bits per heavy atom. The van der Waals surface area contributed by atoms with Gasteiger partial charge in [0.05, 0.1) is 18.5 Å². The van der Waals surface area contributed by atoms with Gasteiger partial charge in [-0.25, -0.2) is 9.97 Å². The maximum atomic E-state index is 12.6. The van der Waals surface area contributed by atoms with Crippen LogP contribution in [0.25, 0.3) is 22.5 Å². The van der Waals surface area contributed by atoms with Crippen LogP contribution in [0.2, 0.25) is 0 Å². The number of aromatic nitrogens is 2. The first kappa shape index (κ1) is 19.3. The molecular formula is C24H19N3O3. The summed E-state index contributed by atoms with van der Waals surface area (Å²) >= 11 is 0. The highest BCUT2D eigenvalue weighted by Gasteiger charge is 2.15. The molecule has 0 bridgehead atoms. The number of aliphatic hydroxyl groups excluding tert-OH is 1. The Bertz CT molecular complexity index is 1160. The summed E-state index contributed by atoms with van der Waals surface area (Å²) in [4.78, 5) is 21.8. The lowest BCUT2D eigenvalue weighted by Crippen LogP contribution is -2.14. The van der Waals surface area contributed by atoms with E-state index in [0.29, 0.717) is 28.3 Å². The normalized spacial score (nSPS) is 10.6. The zero-order valence-electron chi connectivity index (χ0n) is 16.0. The van der Waals surface area contributed by atoms with Gasteiger partial charge in [-0.05, 0) is 42.0 Å². The number of carbonyl (C=O) groups excluding carboxylic acids is 1. The Kier molecular flexibility index (Phi) is 5.50. The van der Waals surface area contributed by atoms with E-state index >= 15 is 0 Å². The lowest BCUT2D eigenvalue weighted by molar-refractivity contribution is 0.102. The molecule has 148 valence electrons. The second kappa shape index (κ2) is 8.55. The third-order valence-corrected chi connectivity index (χ3v) is 4.61. The number of hydrogen-bond acceptors (Lipinski definition) is 5. The van der Waals surface area contributed by atoms with E-state index in [1.165, 1.54) is 0 Å². The molecule has 0 aliphatic carbocycles. The zero-order chi connectivity index (χ0) is 20.9. The lowest BCUT2D eigenvalue weighted by atomic mass is 10.1. The van der Waals surface area contributed by atoms with Crippen molar-refractivity contribution < 1.29 is 15.0 Å². The molecule has 0 aliphatic rings. The van der Waals surface area contributed by atoms with Gasteiger partial charge in [-0.2, -0.15) is 0 Å². The third-order valence-electron chi connectivity index (χ3n) is 4.61. The summed E-state index contributed by atoms with van der Waals surface area (Å²) in [6.07, 6.45) is 1.60. The molecule has 0 radical (unpaired) electrons. The van der Waals surface area contributed by atoms with Crippen molar-refractivity contribution in [2.75, 3.05) is 5.32 Å². The van der Waals surface area contributed by atoms with Gasteiger partial charge in [0, 0.05) is 16.7 Å². The molecule has 0 atom stereocenters. The average Bonchev–Trinajstić information content (AvgIpc) is 2.80. The Morgan fingerprint density at radius 2 is 1.53 bits per heavy atom. The van der Waals surface area contributed by atoms with Crippen LogP contribution in [0, 0.1) is 0 Å². The Balaban J connectivity index is 1.75. The highest BCUT2D eigenvalue weighted by Crippen LogP contribution is 2.29. The molecule has 1 aromatic heterocycles. The fourth-order valence-electron chi connectivity index (χ4n) is 2.99. The summed E-state index contributed by atoms with van der Waals surface area (Å²) in [6, 6.07) is 22.8. The Morgan fingerprint density at radius 3 is 2.20 bits per heavy atom. The van der Waals surface area contributed by atoms with E-state index in [1.54, 1.807) is 54.7 Å². The van der Waals surface area contributed by atoms with Crippen molar-refractivity contribution in [3.05, 3.63) is 96.2 Å². The highest BCUT2D eigenvalue weighted by atomic mass is 16.3. The molecule has 0 spiro atoms. The van der Waals surface area contributed by atoms with Crippen molar-refractivity contribution in [2.24, 2.45) is 0 Å². The first-order valence-corrected chi connectivity index (χ1v) is 9.37. The number of phenols is 1. The van der Waals surface area contributed by atoms with Crippen LogP contribution in [0.5, 0.6) is 5.75 Å². The fraction of sp³-hybridized carbons (Fsp3) is 0.0417. The van der Waals surface area contributed by atoms with E-state index in [2.05, 4.69) is 10.3 Å². The van der Waals surface area contributed by atoms with Crippen LogP contribution < -0.4 is 5.32 Å². The SMILES string of the molecule is O=C(Nc1ncc(-c2ccc(CO)cc2)nc1-c1ccc(O)cc1)c1ccccc1. The predicted octanol–water partition coefficient (Wildman–Crippen LogP) is 4.26. The number of amides is 1. The fourth-order valence-corrected chi connectivity index (χ4v) is 2.99. The van der Waals surface area contributed by atoms with Crippen LogP contribution >= 0.6 is 0 Å². The van der Waals surface area contributed by atoms with Crippen molar-refractivity contribution >= 4 is 11.7 Å². The summed E-state index contributed by atoms with van der Waals surface area (Å²) in [5, 5.41) is 21.7. The first-order chi connectivity index (χ1) is 14.6. The van der Waals surface area contributed by atoms with E-state index in [-0.39, 0.29) is 18.3 Å². The maximum absolute atomic E-state index is 12.6. The van der Waals surface area contributed by atoms with Gasteiger partial charge in [0.1, 0.15) is 11.4 Å². The van der Waals surface area contributed by atoms with Gasteiger partial charge < -0.3 is 15.5 Å². The molecule has 6 nitrogen and oxygen atoms in total. The zero-order valence-corrected chi connectivity index (χ0v) is 16.0. The summed E-state index contributed by atoms with van der Waals surface area (Å²) in [6.45, 7) is -0.0326. The van der Waals surface area contributed by atoms with Gasteiger partial charge in [-0.1, -0.05) is 42.5 Å². The number of nitrogens with zero attached hydrogens (tertiary/aromatic N) is 2. The molecule has 3 aromatic carbocycles. The van der Waals surface area contributed by atoms with Crippen molar-refractivity contribution in [3.63, 3.8) is 0 Å². The van der Waals surface area contributed by atoms with Crippen LogP contribution in [0.15, 0.2) is 85.1 Å². The molecule has 0 fully saturated rings. The van der Waals surface area contributed by atoms with Gasteiger partial charge in [0.15, 0.2) is 5.82 Å². The van der Waals surface area contributed by atoms with Crippen LogP contribution in [0.4, 0.5) is 5.82 Å². The van der Waals surface area contributed by atoms with Crippen molar-refractivity contribution in [2.45, 2.75) is 6.61 Å². The monoisotopic (exact) mass is 397 g/mol. The molecule has 4 aromatic rings. The van der Waals surface area contributed by atoms with Crippen LogP contribution in [0.1, 0.15) is 15.9 Å². The smallest absolute Gasteiger partial charge is 0.256 e. The first-order valence-electron chi connectivity index (χ1n) is 9.37. The number of carbonyl (C=O) groups is 1. The molecule has 1 amide bonds. The second-order valence-corrected chi connectivity index (χ2v) is 6.67. The molecule has 0 aliphatic heterocycles. The van der Waals surface area contributed by atoms with E-state index < -0.39 is 0 Å². The number of anilines is 1. The maximum Gasteiger partial charge on any atom is 0.256 e. The summed E-state index contributed by atoms with van der Waals surface area (Å²) in [5.41, 5.74) is 3.97. The minimum absolute atomic E-state index is 0.0326. The van der Waals surface area contributed by atoms with E-state index in [4.69, 9.17) is 4.98 Å². The minimum Gasteiger partial charge on any atom is -0.508 e. The average molecular weight is 397 g/mol. The van der Waals surface area contributed by atoms with E-state index in [1.807, 2.05) is 30.3 Å². The summed E-state index contributed by atoms with van der Waals surface area (Å²) < 4.78 is 0. The minimum atomic E-state index is -0.287. The van der Waals surface area contributed by atoms with Crippen molar-refractivity contribution in [1.29, 1.82) is 0 Å². The Labute approximate surface area is 173 Å². The van der Waals surface area contributed by atoms with Crippen LogP contribution in [0.3, 0.4) is 0 Å². The van der Waals surface area contributed by atoms with Gasteiger partial charge in [0.2, 0.25) is 0 Å². The summed E-state index contributed by atoms with van der Waals surface area (Å²) in [7, 11) is 0. The largest absolute Gasteiger partial charge is 0.508 e. The highest BCUT2D eigenvalue weighted by molar-refractivity contribution is 6.05. The van der Waals surface area contributed by atoms with Gasteiger partial charge in [0.25, 0.3) is 5.91 Å².